The van der Waals surface area contributed by atoms with Gasteiger partial charge in [0.1, 0.15) is 5.78 Å². The van der Waals surface area contributed by atoms with Gasteiger partial charge in [0.2, 0.25) is 0 Å². The molecule has 0 saturated carbocycles. The van der Waals surface area contributed by atoms with Gasteiger partial charge < -0.3 is 0 Å². The van der Waals surface area contributed by atoms with Gasteiger partial charge in [0.15, 0.2) is 0 Å². The molecule has 1 aliphatic rings. The summed E-state index contributed by atoms with van der Waals surface area (Å²) < 4.78 is 0. The largest absolute Gasteiger partial charge is 0.300 e. The Balaban J connectivity index is 2.58. The summed E-state index contributed by atoms with van der Waals surface area (Å²) in [5.74, 6) is 1.32. The molecule has 0 heterocycles. The third-order valence-corrected chi connectivity index (χ3v) is 3.32. The lowest BCUT2D eigenvalue weighted by Gasteiger charge is -2.28. The molecule has 0 radical (unpaired) electrons. The van der Waals surface area contributed by atoms with Gasteiger partial charge in [-0.1, -0.05) is 31.4 Å². The molecule has 0 aromatic heterocycles. The lowest BCUT2D eigenvalue weighted by Crippen LogP contribution is -2.24. The third kappa shape index (κ3) is 2.97. The number of rotatable bonds is 4. The van der Waals surface area contributed by atoms with E-state index < -0.39 is 0 Å². The van der Waals surface area contributed by atoms with E-state index in [-0.39, 0.29) is 0 Å². The van der Waals surface area contributed by atoms with Crippen LogP contribution in [0.15, 0.2) is 11.6 Å². The highest BCUT2D eigenvalue weighted by Crippen LogP contribution is 2.33. The number of allylic oxidation sites excluding steroid dienone is 2. The van der Waals surface area contributed by atoms with E-state index in [0.717, 1.165) is 12.8 Å². The second-order valence-electron chi connectivity index (χ2n) is 4.61. The molecule has 1 aliphatic carbocycles. The van der Waals surface area contributed by atoms with E-state index in [1.54, 1.807) is 6.92 Å². The predicted octanol–water partition coefficient (Wildman–Crippen LogP) is 3.74. The van der Waals surface area contributed by atoms with Gasteiger partial charge in [-0.05, 0) is 39.0 Å². The monoisotopic (exact) mass is 194 g/mol. The number of carbonyl (C=O) groups excluding carboxylic acids is 1. The van der Waals surface area contributed by atoms with Crippen molar-refractivity contribution in [3.63, 3.8) is 0 Å². The second-order valence-corrected chi connectivity index (χ2v) is 4.61. The number of carbonyl (C=O) groups is 1. The first-order chi connectivity index (χ1) is 6.65. The molecule has 0 aromatic carbocycles. The van der Waals surface area contributed by atoms with Gasteiger partial charge in [0, 0.05) is 5.92 Å². The van der Waals surface area contributed by atoms with Crippen LogP contribution >= 0.6 is 0 Å². The van der Waals surface area contributed by atoms with Crippen LogP contribution in [0.4, 0.5) is 0 Å². The van der Waals surface area contributed by atoms with Gasteiger partial charge in [-0.2, -0.15) is 0 Å². The highest BCUT2D eigenvalue weighted by molar-refractivity contribution is 5.79. The van der Waals surface area contributed by atoms with Crippen molar-refractivity contribution in [2.45, 2.75) is 52.9 Å². The minimum atomic E-state index is 0.310. The van der Waals surface area contributed by atoms with Crippen LogP contribution in [0.5, 0.6) is 0 Å². The third-order valence-electron chi connectivity index (χ3n) is 3.32. The summed E-state index contributed by atoms with van der Waals surface area (Å²) in [6.45, 7) is 6.15. The summed E-state index contributed by atoms with van der Waals surface area (Å²) in [7, 11) is 0. The van der Waals surface area contributed by atoms with Crippen LogP contribution < -0.4 is 0 Å². The fourth-order valence-electron chi connectivity index (χ4n) is 2.43. The molecular formula is C13H22O. The zero-order valence-corrected chi connectivity index (χ0v) is 9.68. The Labute approximate surface area is 87.6 Å². The van der Waals surface area contributed by atoms with Crippen LogP contribution in [-0.2, 0) is 4.79 Å². The molecule has 1 rings (SSSR count). The van der Waals surface area contributed by atoms with Gasteiger partial charge in [0.25, 0.3) is 0 Å². The van der Waals surface area contributed by atoms with Gasteiger partial charge in [0.05, 0.1) is 0 Å². The first kappa shape index (κ1) is 11.5. The second kappa shape index (κ2) is 5.33. The van der Waals surface area contributed by atoms with Gasteiger partial charge in [-0.3, -0.25) is 4.79 Å². The summed E-state index contributed by atoms with van der Waals surface area (Å²) in [6.07, 6.45) is 8.10. The van der Waals surface area contributed by atoms with Crippen LogP contribution in [0.1, 0.15) is 52.9 Å². The quantitative estimate of drug-likeness (QED) is 0.623. The van der Waals surface area contributed by atoms with Gasteiger partial charge in [-0.25, -0.2) is 0 Å². The molecule has 0 spiro atoms. The van der Waals surface area contributed by atoms with Crippen molar-refractivity contribution in [3.05, 3.63) is 11.6 Å². The normalized spacial score (nSPS) is 27.2. The number of unbranched alkanes of at least 4 members (excludes halogenated alkanes) is 1. The van der Waals surface area contributed by atoms with E-state index in [1.165, 1.54) is 24.8 Å². The van der Waals surface area contributed by atoms with Crippen molar-refractivity contribution < 1.29 is 4.79 Å². The molecule has 0 aliphatic heterocycles. The Morgan fingerprint density at radius 2 is 2.29 bits per heavy atom. The summed E-state index contributed by atoms with van der Waals surface area (Å²) in [4.78, 5) is 11.4. The highest BCUT2D eigenvalue weighted by Gasteiger charge is 2.27. The lowest BCUT2D eigenvalue weighted by atomic mass is 9.75. The van der Waals surface area contributed by atoms with Crippen molar-refractivity contribution in [2.24, 2.45) is 11.8 Å². The van der Waals surface area contributed by atoms with E-state index >= 15 is 0 Å². The predicted molar refractivity (Wildman–Crippen MR) is 60.2 cm³/mol. The first-order valence-corrected chi connectivity index (χ1v) is 5.81. The average Bonchev–Trinajstić information content (AvgIpc) is 2.14. The summed E-state index contributed by atoms with van der Waals surface area (Å²) in [6, 6.07) is 0. The Kier molecular flexibility index (Phi) is 4.37. The molecule has 0 saturated heterocycles. The van der Waals surface area contributed by atoms with Crippen LogP contribution in [0.2, 0.25) is 0 Å². The molecular weight excluding hydrogens is 172 g/mol. The molecule has 0 amide bonds. The first-order valence-electron chi connectivity index (χ1n) is 5.81. The molecule has 0 fully saturated rings. The lowest BCUT2D eigenvalue weighted by molar-refractivity contribution is -0.122. The maximum absolute atomic E-state index is 11.4. The SMILES string of the molecule is CCCC[C@H]1CC(C)=CC[C@@H]1C(C)=O. The van der Waals surface area contributed by atoms with Crippen LogP contribution in [0.25, 0.3) is 0 Å². The number of hydrogen-bond acceptors (Lipinski definition) is 1. The van der Waals surface area contributed by atoms with E-state index in [0.29, 0.717) is 17.6 Å². The van der Waals surface area contributed by atoms with E-state index in [4.69, 9.17) is 0 Å². The maximum Gasteiger partial charge on any atom is 0.133 e. The minimum absolute atomic E-state index is 0.310. The fourth-order valence-corrected chi connectivity index (χ4v) is 2.43. The maximum atomic E-state index is 11.4. The number of ketones is 1. The standard InChI is InChI=1S/C13H22O/c1-4-5-6-12-9-10(2)7-8-13(12)11(3)14/h7,12-13H,4-6,8-9H2,1-3H3/t12-,13+/m0/s1. The van der Waals surface area contributed by atoms with Crippen molar-refractivity contribution in [2.75, 3.05) is 0 Å². The number of hydrogen-bond donors (Lipinski definition) is 0. The van der Waals surface area contributed by atoms with Gasteiger partial charge >= 0.3 is 0 Å². The Hall–Kier alpha value is -0.590. The van der Waals surface area contributed by atoms with Crippen molar-refractivity contribution in [3.8, 4) is 0 Å². The van der Waals surface area contributed by atoms with Crippen LogP contribution in [0, 0.1) is 11.8 Å². The van der Waals surface area contributed by atoms with E-state index in [9.17, 15) is 4.79 Å². The summed E-state index contributed by atoms with van der Waals surface area (Å²) in [5.41, 5.74) is 1.48. The molecule has 80 valence electrons. The van der Waals surface area contributed by atoms with E-state index in [2.05, 4.69) is 19.9 Å². The average molecular weight is 194 g/mol. The molecule has 0 N–H and O–H groups in total. The van der Waals surface area contributed by atoms with Crippen molar-refractivity contribution >= 4 is 5.78 Å². The van der Waals surface area contributed by atoms with Crippen molar-refractivity contribution in [1.29, 1.82) is 0 Å². The Bertz CT molecular complexity index is 227. The fraction of sp³-hybridized carbons (Fsp3) is 0.769. The smallest absolute Gasteiger partial charge is 0.133 e. The Morgan fingerprint density at radius 1 is 1.57 bits per heavy atom. The molecule has 0 aromatic rings. The molecule has 1 nitrogen and oxygen atoms in total. The zero-order chi connectivity index (χ0) is 10.6. The Morgan fingerprint density at radius 3 is 2.86 bits per heavy atom. The molecule has 0 bridgehead atoms. The topological polar surface area (TPSA) is 17.1 Å². The van der Waals surface area contributed by atoms with E-state index in [1.807, 2.05) is 0 Å². The summed E-state index contributed by atoms with van der Waals surface area (Å²) in [5, 5.41) is 0. The molecule has 2 atom stereocenters. The minimum Gasteiger partial charge on any atom is -0.300 e. The zero-order valence-electron chi connectivity index (χ0n) is 9.68. The molecule has 0 unspecified atom stereocenters. The number of Topliss-reactive ketones (excluding diaryl/α,β-unsaturated/α-hetero) is 1. The summed E-state index contributed by atoms with van der Waals surface area (Å²) >= 11 is 0. The van der Waals surface area contributed by atoms with Crippen LogP contribution in [-0.4, -0.2) is 5.78 Å². The van der Waals surface area contributed by atoms with Crippen molar-refractivity contribution in [1.82, 2.24) is 0 Å². The van der Waals surface area contributed by atoms with Crippen LogP contribution in [0.3, 0.4) is 0 Å². The van der Waals surface area contributed by atoms with Gasteiger partial charge in [-0.15, -0.1) is 0 Å². The molecule has 1 heteroatoms. The highest BCUT2D eigenvalue weighted by atomic mass is 16.1. The molecule has 14 heavy (non-hydrogen) atoms.